The van der Waals surface area contributed by atoms with Crippen molar-refractivity contribution in [1.82, 2.24) is 0 Å². The molecular formula is C87H144O17P2. The monoisotopic (exact) mass is 1520 g/mol. The number of carbonyl (C=O) groups is 4. The van der Waals surface area contributed by atoms with Crippen LogP contribution in [-0.2, 0) is 65.4 Å². The van der Waals surface area contributed by atoms with Crippen LogP contribution in [0, 0.1) is 0 Å². The molecule has 0 bridgehead atoms. The van der Waals surface area contributed by atoms with E-state index >= 15 is 0 Å². The van der Waals surface area contributed by atoms with Gasteiger partial charge in [-0.15, -0.1) is 0 Å². The second-order valence-corrected chi connectivity index (χ2v) is 29.5. The molecule has 0 rings (SSSR count). The van der Waals surface area contributed by atoms with Crippen LogP contribution in [0.2, 0.25) is 0 Å². The molecule has 0 fully saturated rings. The Morgan fingerprint density at radius 3 is 0.764 bits per heavy atom. The summed E-state index contributed by atoms with van der Waals surface area (Å²) in [6.07, 6.45) is 90.7. The Balaban J connectivity index is 5.46. The van der Waals surface area contributed by atoms with Gasteiger partial charge in [-0.3, -0.25) is 37.3 Å². The quantitative estimate of drug-likeness (QED) is 0.0169. The van der Waals surface area contributed by atoms with Gasteiger partial charge in [-0.25, -0.2) is 9.13 Å². The standard InChI is InChI=1S/C87H144O17P2/c1-5-9-13-17-21-25-29-33-37-40-44-47-51-55-59-63-67-71-84(89)97-77-82(103-86(91)73-69-65-61-57-53-49-43-36-32-28-24-20-16-12-8-4)79-101-105(93,94)99-75-81(88)76-100-106(95,96)102-80-83(104-87(92)74-70-66-62-58-54-50-46-42-39-35-31-27-23-19-15-11-7-3)78-98-85(90)72-68-64-60-56-52-48-45-41-38-34-30-26-22-18-14-10-6-2/h9-11,13-15,21-23,25-27,33-39,43-48,50,81-83,88H,5-8,12,16-20,24,28-32,40-42,49,51-80H2,1-4H3,(H,93,94)(H,95,96)/b13-9-,14-10-,15-11-,25-21-,26-22-,27-23-,37-33-,38-34-,39-35-,43-36-,47-44-,48-45-,50-46-. The van der Waals surface area contributed by atoms with E-state index in [2.05, 4.69) is 186 Å². The number of rotatable bonds is 75. The van der Waals surface area contributed by atoms with Crippen LogP contribution in [0.5, 0.6) is 0 Å². The molecule has 0 spiro atoms. The van der Waals surface area contributed by atoms with Gasteiger partial charge >= 0.3 is 39.5 Å². The Hall–Kier alpha value is -5.32. The molecular weight excluding hydrogens is 1380 g/mol. The molecule has 17 nitrogen and oxygen atoms in total. The van der Waals surface area contributed by atoms with Gasteiger partial charge in [0.25, 0.3) is 0 Å². The topological polar surface area (TPSA) is 237 Å². The average Bonchev–Trinajstić information content (AvgIpc) is 0.902. The zero-order valence-electron chi connectivity index (χ0n) is 66.1. The fraction of sp³-hybridized carbons (Fsp3) is 0.655. The van der Waals surface area contributed by atoms with E-state index in [-0.39, 0.29) is 25.7 Å². The lowest BCUT2D eigenvalue weighted by Gasteiger charge is -2.21. The highest BCUT2D eigenvalue weighted by molar-refractivity contribution is 7.47. The first-order chi connectivity index (χ1) is 51.7. The third-order valence-electron chi connectivity index (χ3n) is 16.5. The molecule has 0 aromatic heterocycles. The largest absolute Gasteiger partial charge is 0.472 e. The van der Waals surface area contributed by atoms with Crippen molar-refractivity contribution in [2.24, 2.45) is 0 Å². The van der Waals surface area contributed by atoms with Gasteiger partial charge in [-0.1, -0.05) is 276 Å². The number of phosphoric ester groups is 2. The Kier molecular flexibility index (Phi) is 73.9. The molecule has 106 heavy (non-hydrogen) atoms. The van der Waals surface area contributed by atoms with E-state index in [0.29, 0.717) is 25.7 Å². The average molecular weight is 1520 g/mol. The maximum absolute atomic E-state index is 13.1. The summed E-state index contributed by atoms with van der Waals surface area (Å²) >= 11 is 0. The van der Waals surface area contributed by atoms with Crippen molar-refractivity contribution in [3.8, 4) is 0 Å². The molecule has 0 saturated heterocycles. The van der Waals surface area contributed by atoms with E-state index in [9.17, 15) is 43.2 Å². The number of allylic oxidation sites excluding steroid dienone is 26. The lowest BCUT2D eigenvalue weighted by atomic mass is 10.1. The summed E-state index contributed by atoms with van der Waals surface area (Å²) < 4.78 is 68.6. The summed E-state index contributed by atoms with van der Waals surface area (Å²) in [5.74, 6) is -2.27. The number of carbonyl (C=O) groups excluding carboxylic acids is 4. The van der Waals surface area contributed by atoms with E-state index in [1.165, 1.54) is 38.5 Å². The summed E-state index contributed by atoms with van der Waals surface area (Å²) in [7, 11) is -10.00. The van der Waals surface area contributed by atoms with Crippen LogP contribution in [0.15, 0.2) is 158 Å². The number of unbranched alkanes of at least 4 members (excludes halogenated alkanes) is 23. The number of phosphoric acid groups is 2. The Morgan fingerprint density at radius 2 is 0.491 bits per heavy atom. The van der Waals surface area contributed by atoms with E-state index in [1.807, 2.05) is 0 Å². The second kappa shape index (κ2) is 77.8. The van der Waals surface area contributed by atoms with Gasteiger partial charge in [0.05, 0.1) is 26.4 Å². The van der Waals surface area contributed by atoms with Crippen molar-refractivity contribution in [1.29, 1.82) is 0 Å². The number of aliphatic hydroxyl groups excluding tert-OH is 1. The Bertz CT molecular complexity index is 2630. The third-order valence-corrected chi connectivity index (χ3v) is 18.4. The van der Waals surface area contributed by atoms with Crippen molar-refractivity contribution >= 4 is 39.5 Å². The molecule has 19 heteroatoms. The van der Waals surface area contributed by atoms with Gasteiger partial charge < -0.3 is 33.8 Å². The number of ether oxygens (including phenoxy) is 4. The zero-order valence-corrected chi connectivity index (χ0v) is 67.8. The minimum absolute atomic E-state index is 0.0555. The molecule has 5 atom stereocenters. The molecule has 0 saturated carbocycles. The first kappa shape index (κ1) is 101. The fourth-order valence-electron chi connectivity index (χ4n) is 10.4. The van der Waals surface area contributed by atoms with Gasteiger partial charge in [0.2, 0.25) is 0 Å². The fourth-order valence-corrected chi connectivity index (χ4v) is 11.9. The summed E-state index contributed by atoms with van der Waals surface area (Å²) in [5, 5.41) is 10.7. The predicted octanol–water partition coefficient (Wildman–Crippen LogP) is 24.0. The minimum atomic E-state index is -5.00. The van der Waals surface area contributed by atoms with Gasteiger partial charge in [-0.05, 0) is 167 Å². The Labute approximate surface area is 642 Å². The van der Waals surface area contributed by atoms with E-state index in [1.54, 1.807) is 0 Å². The molecule has 604 valence electrons. The number of aliphatic hydroxyl groups is 1. The SMILES string of the molecule is CC/C=C\C/C=C\C/C=C\C/C=C\CCCCCCC(=O)OCC(COP(=O)(O)OCC(O)COP(=O)(O)OCC(COC(=O)CCCCCC/C=C\C/C=C\C/C=C\C/C=C\CC)OC(=O)CCCCCCC/C=C\CCCCCCCC)OC(=O)CCCCCC/C=C\C/C=C\C/C=C\C/C=C\CC. The summed E-state index contributed by atoms with van der Waals surface area (Å²) in [4.78, 5) is 73.1. The van der Waals surface area contributed by atoms with Crippen molar-refractivity contribution in [2.75, 3.05) is 39.6 Å². The van der Waals surface area contributed by atoms with Gasteiger partial charge in [0.15, 0.2) is 12.2 Å². The number of hydrogen-bond donors (Lipinski definition) is 3. The van der Waals surface area contributed by atoms with Crippen molar-refractivity contribution < 1.29 is 80.2 Å². The lowest BCUT2D eigenvalue weighted by Crippen LogP contribution is -2.30. The first-order valence-corrected chi connectivity index (χ1v) is 43.7. The van der Waals surface area contributed by atoms with Crippen molar-refractivity contribution in [2.45, 2.75) is 329 Å². The highest BCUT2D eigenvalue weighted by atomic mass is 31.2. The molecule has 5 unspecified atom stereocenters. The third kappa shape index (κ3) is 76.9. The van der Waals surface area contributed by atoms with Crippen LogP contribution in [0.4, 0.5) is 0 Å². The highest BCUT2D eigenvalue weighted by Crippen LogP contribution is 2.45. The van der Waals surface area contributed by atoms with Gasteiger partial charge in [-0.2, -0.15) is 0 Å². The number of hydrogen-bond acceptors (Lipinski definition) is 15. The molecule has 0 aromatic carbocycles. The van der Waals surface area contributed by atoms with E-state index in [4.69, 9.17) is 37.0 Å². The summed E-state index contributed by atoms with van der Waals surface area (Å²) in [6.45, 7) is 4.44. The van der Waals surface area contributed by atoms with Crippen molar-refractivity contribution in [3.63, 3.8) is 0 Å². The maximum Gasteiger partial charge on any atom is 0.472 e. The molecule has 0 aliphatic rings. The molecule has 0 amide bonds. The normalized spacial score (nSPS) is 14.7. The lowest BCUT2D eigenvalue weighted by molar-refractivity contribution is -0.161. The molecule has 0 aliphatic heterocycles. The van der Waals surface area contributed by atoms with Crippen LogP contribution in [0.25, 0.3) is 0 Å². The van der Waals surface area contributed by atoms with Crippen LogP contribution < -0.4 is 0 Å². The Morgan fingerprint density at radius 1 is 0.274 bits per heavy atom. The minimum Gasteiger partial charge on any atom is -0.462 e. The van der Waals surface area contributed by atoms with E-state index in [0.717, 1.165) is 193 Å². The second-order valence-electron chi connectivity index (χ2n) is 26.6. The summed E-state index contributed by atoms with van der Waals surface area (Å²) in [5.41, 5.74) is 0. The smallest absolute Gasteiger partial charge is 0.462 e. The number of esters is 4. The van der Waals surface area contributed by atoms with Crippen molar-refractivity contribution in [3.05, 3.63) is 158 Å². The molecule has 3 N–H and O–H groups in total. The molecule has 0 aromatic rings. The van der Waals surface area contributed by atoms with Crippen LogP contribution >= 0.6 is 15.6 Å². The predicted molar refractivity (Wildman–Crippen MR) is 436 cm³/mol. The van der Waals surface area contributed by atoms with Gasteiger partial charge in [0, 0.05) is 25.7 Å². The van der Waals surface area contributed by atoms with Gasteiger partial charge in [0.1, 0.15) is 19.3 Å². The van der Waals surface area contributed by atoms with E-state index < -0.39 is 97.5 Å². The summed E-state index contributed by atoms with van der Waals surface area (Å²) in [6, 6.07) is 0. The van der Waals surface area contributed by atoms with Crippen LogP contribution in [0.3, 0.4) is 0 Å². The highest BCUT2D eigenvalue weighted by Gasteiger charge is 2.30. The molecule has 0 aliphatic carbocycles. The molecule has 0 heterocycles. The first-order valence-electron chi connectivity index (χ1n) is 40.7. The molecule has 0 radical (unpaired) electrons. The zero-order chi connectivity index (χ0) is 77.4. The maximum atomic E-state index is 13.1. The van der Waals surface area contributed by atoms with Crippen LogP contribution in [0.1, 0.15) is 310 Å². The van der Waals surface area contributed by atoms with Crippen LogP contribution in [-0.4, -0.2) is 96.7 Å².